The Kier molecular flexibility index (Phi) is 5.99. The minimum absolute atomic E-state index is 0.157. The Morgan fingerprint density at radius 2 is 1.34 bits per heavy atom. The van der Waals surface area contributed by atoms with E-state index < -0.39 is 0 Å². The fraction of sp³-hybridized carbons (Fsp3) is 0.148. The van der Waals surface area contributed by atoms with E-state index in [1.165, 1.54) is 7.11 Å². The Hall–Kier alpha value is -3.99. The van der Waals surface area contributed by atoms with Crippen molar-refractivity contribution in [3.63, 3.8) is 0 Å². The van der Waals surface area contributed by atoms with Crippen LogP contribution >= 0.6 is 0 Å². The number of methoxy groups -OCH3 is 4. The Morgan fingerprint density at radius 1 is 0.656 bits per heavy atom. The molecular weight excluding hydrogens is 404 g/mol. The molecule has 0 atom stereocenters. The van der Waals surface area contributed by atoms with Crippen molar-refractivity contribution in [1.82, 2.24) is 0 Å². The van der Waals surface area contributed by atoms with Crippen LogP contribution in [0.2, 0.25) is 0 Å². The van der Waals surface area contributed by atoms with E-state index in [4.69, 9.17) is 18.9 Å². The van der Waals surface area contributed by atoms with Gasteiger partial charge in [0.25, 0.3) is 0 Å². The molecule has 0 saturated heterocycles. The van der Waals surface area contributed by atoms with Gasteiger partial charge in [-0.2, -0.15) is 0 Å². The van der Waals surface area contributed by atoms with E-state index in [1.54, 1.807) is 51.7 Å². The molecule has 0 N–H and O–H groups in total. The Morgan fingerprint density at radius 3 is 1.97 bits per heavy atom. The quantitative estimate of drug-likeness (QED) is 0.350. The van der Waals surface area contributed by atoms with Gasteiger partial charge in [0.15, 0.2) is 17.3 Å². The lowest BCUT2D eigenvalue weighted by Crippen LogP contribution is -2.07. The van der Waals surface area contributed by atoms with Crippen molar-refractivity contribution in [1.29, 1.82) is 0 Å². The van der Waals surface area contributed by atoms with Crippen molar-refractivity contribution in [2.24, 2.45) is 0 Å². The number of ether oxygens (including phenoxy) is 4. The van der Waals surface area contributed by atoms with E-state index in [-0.39, 0.29) is 5.78 Å². The van der Waals surface area contributed by atoms with E-state index in [1.807, 2.05) is 42.5 Å². The maximum Gasteiger partial charge on any atom is 0.203 e. The summed E-state index contributed by atoms with van der Waals surface area (Å²) in [6, 6.07) is 22.9. The first kappa shape index (κ1) is 21.2. The number of fused-ring (bicyclic) bond motifs is 1. The highest BCUT2D eigenvalue weighted by Crippen LogP contribution is 2.47. The van der Waals surface area contributed by atoms with E-state index in [2.05, 4.69) is 0 Å². The molecule has 0 bridgehead atoms. The number of hydrogen-bond acceptors (Lipinski definition) is 5. The molecule has 0 saturated carbocycles. The summed E-state index contributed by atoms with van der Waals surface area (Å²) in [6.07, 6.45) is 0. The van der Waals surface area contributed by atoms with Gasteiger partial charge in [0, 0.05) is 16.7 Å². The third kappa shape index (κ3) is 3.73. The minimum atomic E-state index is -0.157. The maximum atomic E-state index is 13.6. The monoisotopic (exact) mass is 428 g/mol. The van der Waals surface area contributed by atoms with E-state index in [0.717, 1.165) is 16.3 Å². The van der Waals surface area contributed by atoms with Crippen LogP contribution in [-0.2, 0) is 0 Å². The molecule has 0 radical (unpaired) electrons. The van der Waals surface area contributed by atoms with Gasteiger partial charge in [-0.05, 0) is 52.7 Å². The summed E-state index contributed by atoms with van der Waals surface area (Å²) in [6.45, 7) is 0. The first-order chi connectivity index (χ1) is 15.6. The molecule has 0 amide bonds. The zero-order valence-corrected chi connectivity index (χ0v) is 18.5. The Labute approximate surface area is 187 Å². The summed E-state index contributed by atoms with van der Waals surface area (Å²) in [4.78, 5) is 13.6. The van der Waals surface area contributed by atoms with Crippen LogP contribution in [-0.4, -0.2) is 34.2 Å². The lowest BCUT2D eigenvalue weighted by molar-refractivity contribution is 0.103. The Balaban J connectivity index is 1.99. The summed E-state index contributed by atoms with van der Waals surface area (Å²) >= 11 is 0. The van der Waals surface area contributed by atoms with Crippen molar-refractivity contribution < 1.29 is 23.7 Å². The molecule has 0 aromatic heterocycles. The maximum absolute atomic E-state index is 13.6. The molecule has 0 fully saturated rings. The van der Waals surface area contributed by atoms with Crippen LogP contribution in [0.15, 0.2) is 72.8 Å². The van der Waals surface area contributed by atoms with Crippen LogP contribution in [0.5, 0.6) is 23.0 Å². The van der Waals surface area contributed by atoms with Crippen molar-refractivity contribution in [3.05, 3.63) is 83.9 Å². The van der Waals surface area contributed by atoms with E-state index in [9.17, 15) is 4.79 Å². The summed E-state index contributed by atoms with van der Waals surface area (Å²) in [5.74, 6) is 1.82. The number of ketones is 1. The van der Waals surface area contributed by atoms with Crippen LogP contribution in [0, 0.1) is 0 Å². The molecule has 0 aliphatic rings. The van der Waals surface area contributed by atoms with Gasteiger partial charge < -0.3 is 18.9 Å². The molecular formula is C27H24O5. The fourth-order valence-electron chi connectivity index (χ4n) is 3.86. The fourth-order valence-corrected chi connectivity index (χ4v) is 3.86. The van der Waals surface area contributed by atoms with E-state index in [0.29, 0.717) is 39.7 Å². The minimum Gasteiger partial charge on any atom is -0.497 e. The number of carbonyl (C=O) groups is 1. The van der Waals surface area contributed by atoms with Gasteiger partial charge in [-0.3, -0.25) is 4.79 Å². The summed E-state index contributed by atoms with van der Waals surface area (Å²) in [5.41, 5.74) is 2.48. The van der Waals surface area contributed by atoms with Crippen molar-refractivity contribution in [2.45, 2.75) is 0 Å². The third-order valence-corrected chi connectivity index (χ3v) is 5.46. The van der Waals surface area contributed by atoms with Crippen LogP contribution in [0.3, 0.4) is 0 Å². The van der Waals surface area contributed by atoms with Crippen molar-refractivity contribution >= 4 is 16.6 Å². The second-order valence-electron chi connectivity index (χ2n) is 7.19. The van der Waals surface area contributed by atoms with Crippen molar-refractivity contribution in [2.75, 3.05) is 28.4 Å². The highest BCUT2D eigenvalue weighted by Gasteiger charge is 2.26. The molecule has 32 heavy (non-hydrogen) atoms. The molecule has 4 rings (SSSR count). The first-order valence-corrected chi connectivity index (χ1v) is 10.1. The van der Waals surface area contributed by atoms with Gasteiger partial charge in [-0.15, -0.1) is 0 Å². The summed E-state index contributed by atoms with van der Waals surface area (Å²) < 4.78 is 22.1. The number of hydrogen-bond donors (Lipinski definition) is 0. The molecule has 0 aliphatic heterocycles. The predicted molar refractivity (Wildman–Crippen MR) is 125 cm³/mol. The lowest BCUT2D eigenvalue weighted by atomic mass is 9.91. The molecule has 5 heteroatoms. The van der Waals surface area contributed by atoms with Crippen LogP contribution in [0.1, 0.15) is 15.9 Å². The van der Waals surface area contributed by atoms with Gasteiger partial charge in [-0.25, -0.2) is 0 Å². The molecule has 0 unspecified atom stereocenters. The zero-order valence-electron chi connectivity index (χ0n) is 18.5. The van der Waals surface area contributed by atoms with Crippen LogP contribution in [0.25, 0.3) is 21.9 Å². The highest BCUT2D eigenvalue weighted by molar-refractivity contribution is 6.14. The average Bonchev–Trinajstić information content (AvgIpc) is 2.86. The standard InChI is InChI=1S/C27H24O5/c1-29-21-13-11-18(12-14-21)25(28)22-16-23(30-2)26(31-3)27(32-4)24(22)20-10-9-17-7-5-6-8-19(17)15-20/h5-16H,1-4H3. The number of benzene rings is 4. The lowest BCUT2D eigenvalue weighted by Gasteiger charge is -2.20. The third-order valence-electron chi connectivity index (χ3n) is 5.46. The van der Waals surface area contributed by atoms with E-state index >= 15 is 0 Å². The van der Waals surface area contributed by atoms with Gasteiger partial charge in [-0.1, -0.05) is 36.4 Å². The average molecular weight is 428 g/mol. The second kappa shape index (κ2) is 9.02. The molecule has 0 heterocycles. The topological polar surface area (TPSA) is 54.0 Å². The molecule has 0 spiro atoms. The molecule has 0 aliphatic carbocycles. The SMILES string of the molecule is COc1ccc(C(=O)c2cc(OC)c(OC)c(OC)c2-c2ccc3ccccc3c2)cc1. The Bertz CT molecular complexity index is 1280. The number of rotatable bonds is 7. The van der Waals surface area contributed by atoms with Crippen LogP contribution < -0.4 is 18.9 Å². The zero-order chi connectivity index (χ0) is 22.7. The van der Waals surface area contributed by atoms with Crippen LogP contribution in [0.4, 0.5) is 0 Å². The molecule has 4 aromatic rings. The smallest absolute Gasteiger partial charge is 0.203 e. The molecule has 4 aromatic carbocycles. The largest absolute Gasteiger partial charge is 0.497 e. The first-order valence-electron chi connectivity index (χ1n) is 10.1. The second-order valence-corrected chi connectivity index (χ2v) is 7.19. The van der Waals surface area contributed by atoms with Gasteiger partial charge in [0.05, 0.1) is 28.4 Å². The van der Waals surface area contributed by atoms with Crippen molar-refractivity contribution in [3.8, 4) is 34.1 Å². The van der Waals surface area contributed by atoms with Gasteiger partial charge >= 0.3 is 0 Å². The molecule has 5 nitrogen and oxygen atoms in total. The normalized spacial score (nSPS) is 10.6. The highest BCUT2D eigenvalue weighted by atomic mass is 16.5. The predicted octanol–water partition coefficient (Wildman–Crippen LogP) is 5.77. The molecule has 162 valence electrons. The summed E-state index contributed by atoms with van der Waals surface area (Å²) in [5, 5.41) is 2.17. The van der Waals surface area contributed by atoms with Gasteiger partial charge in [0.2, 0.25) is 5.75 Å². The summed E-state index contributed by atoms with van der Waals surface area (Å²) in [7, 11) is 6.24. The number of carbonyl (C=O) groups excluding carboxylic acids is 1. The van der Waals surface area contributed by atoms with Gasteiger partial charge in [0.1, 0.15) is 5.75 Å².